The van der Waals surface area contributed by atoms with Gasteiger partial charge in [0, 0.05) is 76.8 Å². The molecule has 0 saturated heterocycles. The summed E-state index contributed by atoms with van der Waals surface area (Å²) in [5, 5.41) is 0. The van der Waals surface area contributed by atoms with Gasteiger partial charge in [-0.05, 0) is 145 Å². The van der Waals surface area contributed by atoms with Crippen molar-refractivity contribution in [1.82, 2.24) is 0 Å². The van der Waals surface area contributed by atoms with E-state index < -0.39 is 184 Å². The number of hydrogen-bond acceptors (Lipinski definition) is 24. The number of rotatable bonds is 31. The molecule has 1 saturated carbocycles. The van der Waals surface area contributed by atoms with Gasteiger partial charge in [-0.25, -0.2) is 75.1 Å². The van der Waals surface area contributed by atoms with Gasteiger partial charge in [-0.15, -0.1) is 0 Å². The molecule has 828 valence electrons. The van der Waals surface area contributed by atoms with Crippen LogP contribution in [0.4, 0.5) is 132 Å². The molecule has 0 heterocycles. The smallest absolute Gasteiger partial charge is 0.456 e. The van der Waals surface area contributed by atoms with Crippen molar-refractivity contribution in [1.29, 1.82) is 0 Å². The van der Waals surface area contributed by atoms with Crippen LogP contribution in [0.15, 0.2) is 204 Å². The molecule has 0 radical (unpaired) electrons. The van der Waals surface area contributed by atoms with Crippen molar-refractivity contribution in [2.45, 2.75) is 245 Å². The Balaban J connectivity index is -0.000000199. The normalized spacial score (nSPS) is 12.2. The molecule has 1 fully saturated rings. The second-order valence-corrected chi connectivity index (χ2v) is 29.1. The average molecular weight is 2160 g/mol. The van der Waals surface area contributed by atoms with E-state index >= 15 is 0 Å². The summed E-state index contributed by atoms with van der Waals surface area (Å²) in [6.07, 6.45) is -37.0. The van der Waals surface area contributed by atoms with Crippen molar-refractivity contribution in [2.75, 3.05) is 33.0 Å². The molecule has 2 aromatic carbocycles. The number of alkyl halides is 30. The molecule has 24 nitrogen and oxygen atoms in total. The number of carbonyl (C=O) groups excluding carboxylic acids is 12. The van der Waals surface area contributed by atoms with Gasteiger partial charge in [0.1, 0.15) is 36.9 Å². The van der Waals surface area contributed by atoms with Crippen molar-refractivity contribution in [2.24, 2.45) is 0 Å². The summed E-state index contributed by atoms with van der Waals surface area (Å²) >= 11 is 0. The minimum Gasteiger partial charge on any atom is -0.463 e. The maximum Gasteiger partial charge on any atom is 0.456 e. The Hall–Kier alpha value is -13.1. The van der Waals surface area contributed by atoms with E-state index in [4.69, 9.17) is 18.9 Å². The van der Waals surface area contributed by atoms with Crippen LogP contribution in [0.3, 0.4) is 0 Å². The third kappa shape index (κ3) is 99.4. The fraction of sp³-hybridized carbons (Fsp3) is 0.473. The molecule has 0 amide bonds. The number of halogens is 30. The molecule has 1 aliphatic rings. The first-order valence-electron chi connectivity index (χ1n) is 40.0. The summed E-state index contributed by atoms with van der Waals surface area (Å²) in [5.41, 5.74) is 1.55. The van der Waals surface area contributed by atoms with Gasteiger partial charge in [0.05, 0.1) is 18.3 Å². The van der Waals surface area contributed by atoms with Gasteiger partial charge in [0.2, 0.25) is 0 Å². The molecule has 2 unspecified atom stereocenters. The van der Waals surface area contributed by atoms with E-state index in [0.717, 1.165) is 68.7 Å². The lowest BCUT2D eigenvalue weighted by molar-refractivity contribution is -0.293. The van der Waals surface area contributed by atoms with Crippen LogP contribution >= 0.6 is 0 Å². The predicted octanol–water partition coefficient (Wildman–Crippen LogP) is 24.5. The first-order chi connectivity index (χ1) is 65.3. The van der Waals surface area contributed by atoms with Gasteiger partial charge in [-0.1, -0.05) is 116 Å². The molecular formula is C91H110F30O24. The van der Waals surface area contributed by atoms with E-state index in [-0.39, 0.29) is 60.4 Å². The Bertz CT molecular complexity index is 4340. The van der Waals surface area contributed by atoms with E-state index in [2.05, 4.69) is 117 Å². The van der Waals surface area contributed by atoms with Crippen LogP contribution in [0.1, 0.15) is 152 Å². The van der Waals surface area contributed by atoms with E-state index in [1.54, 1.807) is 41.5 Å². The average Bonchev–Trinajstić information content (AvgIpc) is 0.842. The van der Waals surface area contributed by atoms with Crippen molar-refractivity contribution >= 4 is 71.6 Å². The molecule has 0 spiro atoms. The summed E-state index contributed by atoms with van der Waals surface area (Å²) in [7, 11) is 0. The van der Waals surface area contributed by atoms with Crippen LogP contribution in [-0.4, -0.2) is 196 Å². The lowest BCUT2D eigenvalue weighted by atomic mass is 9.98. The summed E-state index contributed by atoms with van der Waals surface area (Å²) in [4.78, 5) is 126. The molecule has 54 heteroatoms. The Kier molecular flexibility index (Phi) is 75.3. The largest absolute Gasteiger partial charge is 0.463 e. The van der Waals surface area contributed by atoms with Crippen LogP contribution in [-0.2, 0) is 122 Å². The zero-order valence-corrected chi connectivity index (χ0v) is 79.8. The number of hydrogen-bond donors (Lipinski definition) is 0. The number of esters is 12. The second-order valence-electron chi connectivity index (χ2n) is 29.1. The van der Waals surface area contributed by atoms with Gasteiger partial charge in [0.15, 0.2) is 38.6 Å². The standard InChI is InChI=1S/C11H12O2.C10H7F3O2.C10H16O2.C8H14O2.2C7H7F5O2.2C7H9F3O2.C7H12O2.C6H5F5O2.C6H7F3O2.C5H5F3O2/c1-9(2)11(12)13-8-10-6-4-3-5-7-10;1-2-9(14)15-8-5-3-7(4-6-8)10(11,12)13;1-8(2)10(11)12-9-6-4-3-5-7-9;1-6(2)7(9)10-8(3,4)5;2*1-2-5(13)14-4-6(8,9)3-7(10,11)12;1-4(2)6(11)12-5(3)7(8,9)10;1-2-6(11)12-5-3-4-7(8,9)10;1-5(2)7(8)9-6(3)4;1-2-4(12)13-3-5(7,8)6(9,10)11;1-3-5(10)11-4(2)6(7,8)9;1-2-4(9)10-3-5(6,7)8/h3-7H,1,8H2,2H3;2-6H,1H2;9H,1,3-7H2,2H3;1H2,2-5H3;2*2H,1,3-4H2;5H,1H2,2-3H3;2H,1,3-5H2;6H,1H2,2-4H3;2H,1,3H2;3-4H,1H2,2H3;2H,1,3H2. The number of ether oxygens (including phenoxy) is 12. The second kappa shape index (κ2) is 73.0. The van der Waals surface area contributed by atoms with Crippen LogP contribution in [0.25, 0.3) is 0 Å². The fourth-order valence-corrected chi connectivity index (χ4v) is 6.63. The molecule has 0 N–H and O–H groups in total. The van der Waals surface area contributed by atoms with Crippen molar-refractivity contribution < 1.29 is 246 Å². The maximum atomic E-state index is 12.4. The minimum atomic E-state index is -5.71. The van der Waals surface area contributed by atoms with Crippen molar-refractivity contribution in [3.8, 4) is 5.75 Å². The molecule has 0 aromatic heterocycles. The Morgan fingerprint density at radius 2 is 0.703 bits per heavy atom. The van der Waals surface area contributed by atoms with E-state index in [0.29, 0.717) is 59.3 Å². The SMILES string of the molecule is C=C(C)C(=O)OC(C)(C)C.C=C(C)C(=O)OC(C)C.C=C(C)C(=O)OC(C)C(F)(F)F.C=C(C)C(=O)OC1CCCCC1.C=C(C)C(=O)OCc1ccccc1.C=CC(=O)OC(C)C(F)(F)F.C=CC(=O)OCC(F)(F)C(F)(F)F.C=CC(=O)OCC(F)(F)CC(F)(F)F.C=CC(=O)OCC(F)(F)CC(F)(F)F.C=CC(=O)OCC(F)(F)F.C=CC(=O)OCCCC(F)(F)F.C=CC(=O)Oc1ccc(C(F)(F)F)cc1. The van der Waals surface area contributed by atoms with Gasteiger partial charge in [-0.2, -0.15) is 114 Å². The minimum absolute atomic E-state index is 0.0470. The molecule has 0 aliphatic heterocycles. The van der Waals surface area contributed by atoms with Crippen molar-refractivity contribution in [3.63, 3.8) is 0 Å². The van der Waals surface area contributed by atoms with Gasteiger partial charge >= 0.3 is 127 Å². The molecule has 3 rings (SSSR count). The predicted molar refractivity (Wildman–Crippen MR) is 460 cm³/mol. The topological polar surface area (TPSA) is 316 Å². The van der Waals surface area contributed by atoms with E-state index in [1.807, 2.05) is 51.1 Å². The third-order valence-electron chi connectivity index (χ3n) is 13.4. The highest BCUT2D eigenvalue weighted by atomic mass is 19.4. The van der Waals surface area contributed by atoms with Crippen LogP contribution in [0, 0.1) is 0 Å². The van der Waals surface area contributed by atoms with E-state index in [1.165, 1.54) is 26.2 Å². The first-order valence-corrected chi connectivity index (χ1v) is 40.0. The van der Waals surface area contributed by atoms with Crippen LogP contribution in [0.5, 0.6) is 5.75 Å². The quantitative estimate of drug-likeness (QED) is 0.0169. The lowest BCUT2D eigenvalue weighted by Crippen LogP contribution is -2.41. The highest BCUT2D eigenvalue weighted by Crippen LogP contribution is 2.37. The van der Waals surface area contributed by atoms with Crippen LogP contribution in [0.2, 0.25) is 0 Å². The molecule has 1 aliphatic carbocycles. The number of carbonyl (C=O) groups is 12. The Morgan fingerprint density at radius 3 is 0.993 bits per heavy atom. The highest BCUT2D eigenvalue weighted by Gasteiger charge is 2.58. The van der Waals surface area contributed by atoms with Gasteiger partial charge < -0.3 is 56.8 Å². The monoisotopic (exact) mass is 2160 g/mol. The van der Waals surface area contributed by atoms with Crippen LogP contribution < -0.4 is 4.74 Å². The zero-order chi connectivity index (χ0) is 116. The van der Waals surface area contributed by atoms with Gasteiger partial charge in [-0.3, -0.25) is 0 Å². The molecule has 2 atom stereocenters. The molecule has 145 heavy (non-hydrogen) atoms. The maximum absolute atomic E-state index is 12.4. The summed E-state index contributed by atoms with van der Waals surface area (Å²) < 4.78 is 403. The Labute approximate surface area is 813 Å². The number of benzene rings is 2. The zero-order valence-electron chi connectivity index (χ0n) is 79.8. The molecule has 2 aromatic rings. The summed E-state index contributed by atoms with van der Waals surface area (Å²) in [5.74, 6) is -22.7. The third-order valence-corrected chi connectivity index (χ3v) is 13.4. The van der Waals surface area contributed by atoms with Crippen molar-refractivity contribution in [3.05, 3.63) is 215 Å². The molecular weight excluding hydrogens is 2050 g/mol. The Morgan fingerprint density at radius 1 is 0.366 bits per heavy atom. The first kappa shape index (κ1) is 150. The van der Waals surface area contributed by atoms with Gasteiger partial charge in [0.25, 0.3) is 11.8 Å². The highest BCUT2D eigenvalue weighted by molar-refractivity contribution is 5.89. The van der Waals surface area contributed by atoms with E-state index in [9.17, 15) is 189 Å². The fourth-order valence-electron chi connectivity index (χ4n) is 6.63. The summed E-state index contributed by atoms with van der Waals surface area (Å²) in [6.45, 7) is 49.6. The summed E-state index contributed by atoms with van der Waals surface area (Å²) in [6, 6.07) is 13.4. The lowest BCUT2D eigenvalue weighted by Gasteiger charge is -2.21. The molecule has 0 bridgehead atoms.